The van der Waals surface area contributed by atoms with Crippen LogP contribution in [0.3, 0.4) is 0 Å². The van der Waals surface area contributed by atoms with E-state index in [4.69, 9.17) is 10.5 Å². The fraction of sp³-hybridized carbons (Fsp3) is 0.615. The molecule has 1 aliphatic carbocycles. The van der Waals surface area contributed by atoms with Crippen LogP contribution in [0.2, 0.25) is 0 Å². The van der Waals surface area contributed by atoms with E-state index < -0.39 is 15.8 Å². The Kier molecular flexibility index (Phi) is 3.61. The minimum Gasteiger partial charge on any atom is -0.465 e. The Morgan fingerprint density at radius 3 is 2.48 bits per heavy atom. The monoisotopic (exact) mass is 330 g/mol. The molecule has 2 aliphatic rings. The highest BCUT2D eigenvalue weighted by Gasteiger charge is 2.36. The molecular weight excluding hydrogens is 312 g/mol. The summed E-state index contributed by atoms with van der Waals surface area (Å²) in [4.78, 5) is 14.3. The molecule has 1 saturated heterocycles. The summed E-state index contributed by atoms with van der Waals surface area (Å²) >= 11 is 1.33. The van der Waals surface area contributed by atoms with E-state index in [1.165, 1.54) is 18.4 Å². The first-order valence-electron chi connectivity index (χ1n) is 6.89. The Bertz CT molecular complexity index is 663. The summed E-state index contributed by atoms with van der Waals surface area (Å²) in [6.45, 7) is 0.922. The van der Waals surface area contributed by atoms with Crippen molar-refractivity contribution in [1.29, 1.82) is 0 Å². The molecule has 0 radical (unpaired) electrons. The van der Waals surface area contributed by atoms with Crippen molar-refractivity contribution in [3.63, 3.8) is 0 Å². The lowest BCUT2D eigenvalue weighted by atomic mass is 10.1. The number of carbonyl (C=O) groups is 1. The molecule has 0 aromatic carbocycles. The van der Waals surface area contributed by atoms with Crippen LogP contribution in [0.1, 0.15) is 34.0 Å². The zero-order valence-electron chi connectivity index (χ0n) is 11.8. The van der Waals surface area contributed by atoms with E-state index in [-0.39, 0.29) is 11.5 Å². The van der Waals surface area contributed by atoms with Crippen LogP contribution in [0.5, 0.6) is 0 Å². The second-order valence-corrected chi connectivity index (χ2v) is 8.77. The molecular formula is C13H18N2O4S2. The Morgan fingerprint density at radius 1 is 1.33 bits per heavy atom. The summed E-state index contributed by atoms with van der Waals surface area (Å²) < 4.78 is 27.9. The van der Waals surface area contributed by atoms with Crippen molar-refractivity contribution in [2.24, 2.45) is 0 Å². The van der Waals surface area contributed by atoms with Crippen molar-refractivity contribution in [3.05, 3.63) is 10.4 Å². The average Bonchev–Trinajstić information content (AvgIpc) is 3.22. The minimum atomic E-state index is -2.93. The van der Waals surface area contributed by atoms with E-state index in [9.17, 15) is 13.2 Å². The number of nitrogens with zero attached hydrogens (tertiary/aromatic N) is 1. The molecule has 0 bridgehead atoms. The average molecular weight is 330 g/mol. The van der Waals surface area contributed by atoms with E-state index in [0.29, 0.717) is 29.6 Å². The molecule has 1 aromatic heterocycles. The molecule has 1 aromatic rings. The first kappa shape index (κ1) is 14.6. The third kappa shape index (κ3) is 2.74. The zero-order valence-corrected chi connectivity index (χ0v) is 13.4. The normalized spacial score (nSPS) is 21.3. The Hall–Kier alpha value is -1.28. The Labute approximate surface area is 127 Å². The first-order valence-corrected chi connectivity index (χ1v) is 9.52. The van der Waals surface area contributed by atoms with E-state index in [2.05, 4.69) is 0 Å². The molecule has 0 atom stereocenters. The molecule has 116 valence electrons. The number of hydrogen-bond acceptors (Lipinski definition) is 7. The highest BCUT2D eigenvalue weighted by molar-refractivity contribution is 7.91. The third-order valence-electron chi connectivity index (χ3n) is 3.95. The van der Waals surface area contributed by atoms with Crippen molar-refractivity contribution >= 4 is 37.8 Å². The van der Waals surface area contributed by atoms with Gasteiger partial charge in [-0.1, -0.05) is 0 Å². The molecule has 1 aliphatic heterocycles. The molecule has 2 fully saturated rings. The van der Waals surface area contributed by atoms with Crippen molar-refractivity contribution in [2.75, 3.05) is 42.3 Å². The fourth-order valence-electron chi connectivity index (χ4n) is 2.61. The van der Waals surface area contributed by atoms with Gasteiger partial charge in [-0.15, -0.1) is 11.3 Å². The smallest absolute Gasteiger partial charge is 0.350 e. The van der Waals surface area contributed by atoms with Gasteiger partial charge in [0.2, 0.25) is 0 Å². The number of ether oxygens (including phenoxy) is 1. The van der Waals surface area contributed by atoms with Gasteiger partial charge in [0.15, 0.2) is 9.84 Å². The van der Waals surface area contributed by atoms with Crippen LogP contribution in [0, 0.1) is 0 Å². The fourth-order valence-corrected chi connectivity index (χ4v) is 5.08. The van der Waals surface area contributed by atoms with Crippen LogP contribution >= 0.6 is 11.3 Å². The van der Waals surface area contributed by atoms with E-state index in [1.807, 2.05) is 4.90 Å². The number of rotatable bonds is 3. The number of esters is 1. The lowest BCUT2D eigenvalue weighted by Gasteiger charge is -2.28. The van der Waals surface area contributed by atoms with Crippen molar-refractivity contribution in [1.82, 2.24) is 0 Å². The van der Waals surface area contributed by atoms with Gasteiger partial charge in [-0.2, -0.15) is 0 Å². The molecule has 8 heteroatoms. The van der Waals surface area contributed by atoms with E-state index in [1.54, 1.807) is 0 Å². The number of sulfone groups is 1. The van der Waals surface area contributed by atoms with Gasteiger partial charge in [-0.25, -0.2) is 13.2 Å². The minimum absolute atomic E-state index is 0.155. The standard InChI is InChI=1S/C13H18N2O4S2/c1-19-13(16)11-10(14)9(8-2-3-8)12(20-11)15-4-6-21(17,18)7-5-15/h8H,2-7,14H2,1H3. The van der Waals surface area contributed by atoms with E-state index >= 15 is 0 Å². The maximum Gasteiger partial charge on any atom is 0.350 e. The predicted octanol–water partition coefficient (Wildman–Crippen LogP) is 1.23. The second kappa shape index (κ2) is 5.17. The maximum atomic E-state index is 11.8. The lowest BCUT2D eigenvalue weighted by Crippen LogP contribution is -2.40. The number of methoxy groups -OCH3 is 1. The van der Waals surface area contributed by atoms with Gasteiger partial charge in [0.25, 0.3) is 0 Å². The number of nitrogen functional groups attached to an aromatic ring is 1. The molecule has 2 N–H and O–H groups in total. The van der Waals surface area contributed by atoms with Crippen molar-refractivity contribution in [2.45, 2.75) is 18.8 Å². The van der Waals surface area contributed by atoms with Gasteiger partial charge in [0.1, 0.15) is 4.88 Å². The topological polar surface area (TPSA) is 89.7 Å². The van der Waals surface area contributed by atoms with Crippen LogP contribution in [0.15, 0.2) is 0 Å². The number of carbonyl (C=O) groups excluding carboxylic acids is 1. The van der Waals surface area contributed by atoms with Crippen LogP contribution < -0.4 is 10.6 Å². The molecule has 0 amide bonds. The summed E-state index contributed by atoms with van der Waals surface area (Å²) in [5.41, 5.74) is 7.67. The van der Waals surface area contributed by atoms with Crippen LogP contribution in [-0.2, 0) is 14.6 Å². The molecule has 0 spiro atoms. The summed E-state index contributed by atoms with van der Waals surface area (Å²) in [5.74, 6) is 0.286. The molecule has 0 unspecified atom stereocenters. The Morgan fingerprint density at radius 2 is 1.95 bits per heavy atom. The zero-order chi connectivity index (χ0) is 15.2. The quantitative estimate of drug-likeness (QED) is 0.839. The number of nitrogens with two attached hydrogens (primary N) is 1. The summed E-state index contributed by atoms with van der Waals surface area (Å²) in [6, 6.07) is 0. The van der Waals surface area contributed by atoms with E-state index in [0.717, 1.165) is 23.4 Å². The van der Waals surface area contributed by atoms with Gasteiger partial charge in [0, 0.05) is 18.7 Å². The molecule has 3 rings (SSSR count). The molecule has 6 nitrogen and oxygen atoms in total. The number of anilines is 2. The van der Waals surface area contributed by atoms with Crippen LogP contribution in [-0.4, -0.2) is 46.1 Å². The van der Waals surface area contributed by atoms with Gasteiger partial charge >= 0.3 is 5.97 Å². The van der Waals surface area contributed by atoms with Crippen LogP contribution in [0.4, 0.5) is 10.7 Å². The largest absolute Gasteiger partial charge is 0.465 e. The highest BCUT2D eigenvalue weighted by atomic mass is 32.2. The van der Waals surface area contributed by atoms with Gasteiger partial charge in [-0.3, -0.25) is 0 Å². The number of hydrogen-bond donors (Lipinski definition) is 1. The maximum absolute atomic E-state index is 11.8. The van der Waals surface area contributed by atoms with Crippen molar-refractivity contribution in [3.8, 4) is 0 Å². The molecule has 1 saturated carbocycles. The Balaban J connectivity index is 1.96. The van der Waals surface area contributed by atoms with Gasteiger partial charge in [0.05, 0.1) is 29.3 Å². The summed E-state index contributed by atoms with van der Waals surface area (Å²) in [5, 5.41) is 0.949. The third-order valence-corrected chi connectivity index (χ3v) is 6.82. The summed E-state index contributed by atoms with van der Waals surface area (Å²) in [7, 11) is -1.59. The highest BCUT2D eigenvalue weighted by Crippen LogP contribution is 2.52. The second-order valence-electron chi connectivity index (χ2n) is 5.47. The van der Waals surface area contributed by atoms with Gasteiger partial charge in [-0.05, 0) is 18.8 Å². The molecule has 21 heavy (non-hydrogen) atoms. The molecule has 2 heterocycles. The predicted molar refractivity (Wildman–Crippen MR) is 82.9 cm³/mol. The first-order chi connectivity index (χ1) is 9.93. The van der Waals surface area contributed by atoms with Gasteiger partial charge < -0.3 is 15.4 Å². The lowest BCUT2D eigenvalue weighted by molar-refractivity contribution is 0.0607. The van der Waals surface area contributed by atoms with Crippen LogP contribution in [0.25, 0.3) is 0 Å². The number of thiophene rings is 1. The van der Waals surface area contributed by atoms with Crippen molar-refractivity contribution < 1.29 is 17.9 Å². The SMILES string of the molecule is COC(=O)c1sc(N2CCS(=O)(=O)CC2)c(C2CC2)c1N. The summed E-state index contributed by atoms with van der Waals surface area (Å²) in [6.07, 6.45) is 2.14.